The van der Waals surface area contributed by atoms with E-state index < -0.39 is 5.92 Å². The summed E-state index contributed by atoms with van der Waals surface area (Å²) in [7, 11) is 4.65. The molecule has 142 valence electrons. The van der Waals surface area contributed by atoms with E-state index in [4.69, 9.17) is 24.7 Å². The number of primary amides is 1. The molecule has 8 heteroatoms. The topological polar surface area (TPSA) is 83.2 Å². The number of nitrogens with zero attached hydrogens (tertiary/aromatic N) is 1. The van der Waals surface area contributed by atoms with E-state index in [1.54, 1.807) is 33.5 Å². The SMILES string of the molecule is COc1cc(C(CCN2CCOCC2)C(N)=O)cc(OC)c1OC.Cl. The Morgan fingerprint density at radius 3 is 2.16 bits per heavy atom. The first kappa shape index (κ1) is 21.3. The van der Waals surface area contributed by atoms with E-state index in [-0.39, 0.29) is 18.3 Å². The van der Waals surface area contributed by atoms with Gasteiger partial charge < -0.3 is 24.7 Å². The maximum Gasteiger partial charge on any atom is 0.225 e. The highest BCUT2D eigenvalue weighted by atomic mass is 35.5. The van der Waals surface area contributed by atoms with Crippen molar-refractivity contribution in [2.45, 2.75) is 12.3 Å². The molecule has 1 atom stereocenters. The summed E-state index contributed by atoms with van der Waals surface area (Å²) in [5.74, 6) is 0.758. The Hall–Kier alpha value is -1.70. The van der Waals surface area contributed by atoms with Crippen LogP contribution in [-0.2, 0) is 9.53 Å². The normalized spacial score (nSPS) is 15.8. The van der Waals surface area contributed by atoms with Crippen molar-refractivity contribution in [1.29, 1.82) is 0 Å². The maximum absolute atomic E-state index is 12.0. The number of morpholine rings is 1. The average Bonchev–Trinajstić information content (AvgIpc) is 2.61. The van der Waals surface area contributed by atoms with Gasteiger partial charge >= 0.3 is 0 Å². The van der Waals surface area contributed by atoms with Crippen LogP contribution in [0.3, 0.4) is 0 Å². The number of halogens is 1. The minimum Gasteiger partial charge on any atom is -0.493 e. The van der Waals surface area contributed by atoms with Gasteiger partial charge in [0.15, 0.2) is 11.5 Å². The summed E-state index contributed by atoms with van der Waals surface area (Å²) < 4.78 is 21.4. The van der Waals surface area contributed by atoms with Gasteiger partial charge in [0.1, 0.15) is 0 Å². The minimum absolute atomic E-state index is 0. The summed E-state index contributed by atoms with van der Waals surface area (Å²) in [5.41, 5.74) is 6.41. The van der Waals surface area contributed by atoms with Crippen molar-refractivity contribution in [1.82, 2.24) is 4.90 Å². The van der Waals surface area contributed by atoms with E-state index in [0.29, 0.717) is 23.7 Å². The Kier molecular flexibility index (Phi) is 8.82. The van der Waals surface area contributed by atoms with E-state index in [0.717, 1.165) is 38.4 Å². The quantitative estimate of drug-likeness (QED) is 0.741. The fourth-order valence-electron chi connectivity index (χ4n) is 2.91. The monoisotopic (exact) mass is 374 g/mol. The van der Waals surface area contributed by atoms with Crippen LogP contribution in [0.25, 0.3) is 0 Å². The van der Waals surface area contributed by atoms with Crippen molar-refractivity contribution >= 4 is 18.3 Å². The first-order chi connectivity index (χ1) is 11.6. The van der Waals surface area contributed by atoms with Crippen LogP contribution in [0.4, 0.5) is 0 Å². The number of amides is 1. The lowest BCUT2D eigenvalue weighted by Gasteiger charge is -2.28. The molecule has 25 heavy (non-hydrogen) atoms. The number of benzene rings is 1. The molecule has 1 aliphatic heterocycles. The first-order valence-electron chi connectivity index (χ1n) is 8.00. The number of hydrogen-bond donors (Lipinski definition) is 1. The Balaban J connectivity index is 0.00000312. The van der Waals surface area contributed by atoms with Gasteiger partial charge in [-0.15, -0.1) is 12.4 Å². The molecule has 0 aromatic heterocycles. The molecule has 1 amide bonds. The third kappa shape index (κ3) is 5.39. The van der Waals surface area contributed by atoms with Crippen molar-refractivity contribution in [3.05, 3.63) is 17.7 Å². The molecule has 2 N–H and O–H groups in total. The molecule has 1 unspecified atom stereocenters. The average molecular weight is 375 g/mol. The lowest BCUT2D eigenvalue weighted by molar-refractivity contribution is -0.119. The van der Waals surface area contributed by atoms with Crippen molar-refractivity contribution in [3.8, 4) is 17.2 Å². The molecular weight excluding hydrogens is 348 g/mol. The van der Waals surface area contributed by atoms with E-state index >= 15 is 0 Å². The summed E-state index contributed by atoms with van der Waals surface area (Å²) in [6, 6.07) is 3.58. The van der Waals surface area contributed by atoms with Crippen LogP contribution in [0.15, 0.2) is 12.1 Å². The van der Waals surface area contributed by atoms with Crippen molar-refractivity contribution in [2.75, 3.05) is 54.2 Å². The van der Waals surface area contributed by atoms with Gasteiger partial charge in [-0.25, -0.2) is 0 Å². The van der Waals surface area contributed by atoms with Gasteiger partial charge in [-0.1, -0.05) is 0 Å². The smallest absolute Gasteiger partial charge is 0.225 e. The van der Waals surface area contributed by atoms with E-state index in [2.05, 4.69) is 4.90 Å². The lowest BCUT2D eigenvalue weighted by Crippen LogP contribution is -2.38. The number of carbonyl (C=O) groups excluding carboxylic acids is 1. The minimum atomic E-state index is -0.415. The molecule has 0 radical (unpaired) electrons. The van der Waals surface area contributed by atoms with Crippen LogP contribution in [0, 0.1) is 0 Å². The Morgan fingerprint density at radius 2 is 1.72 bits per heavy atom. The number of carbonyl (C=O) groups is 1. The van der Waals surface area contributed by atoms with Crippen molar-refractivity contribution < 1.29 is 23.7 Å². The Labute approximate surface area is 154 Å². The van der Waals surface area contributed by atoms with Gasteiger partial charge in [-0.3, -0.25) is 9.69 Å². The number of ether oxygens (including phenoxy) is 4. The molecule has 0 aliphatic carbocycles. The highest BCUT2D eigenvalue weighted by molar-refractivity contribution is 5.85. The van der Waals surface area contributed by atoms with E-state index in [1.807, 2.05) is 0 Å². The molecule has 7 nitrogen and oxygen atoms in total. The zero-order valence-electron chi connectivity index (χ0n) is 14.9. The van der Waals surface area contributed by atoms with Crippen LogP contribution in [-0.4, -0.2) is 65.0 Å². The lowest BCUT2D eigenvalue weighted by atomic mass is 9.94. The van der Waals surface area contributed by atoms with Gasteiger partial charge in [-0.2, -0.15) is 0 Å². The predicted molar refractivity (Wildman–Crippen MR) is 97.2 cm³/mol. The Morgan fingerprint density at radius 1 is 1.16 bits per heavy atom. The fraction of sp³-hybridized carbons (Fsp3) is 0.588. The third-order valence-electron chi connectivity index (χ3n) is 4.27. The van der Waals surface area contributed by atoms with Crippen molar-refractivity contribution in [3.63, 3.8) is 0 Å². The zero-order valence-corrected chi connectivity index (χ0v) is 15.8. The summed E-state index contributed by atoms with van der Waals surface area (Å²) in [6.45, 7) is 3.99. The van der Waals surface area contributed by atoms with Gasteiger partial charge in [0.05, 0.1) is 40.5 Å². The highest BCUT2D eigenvalue weighted by Crippen LogP contribution is 2.40. The van der Waals surface area contributed by atoms with Crippen LogP contribution in [0.1, 0.15) is 17.9 Å². The number of rotatable bonds is 8. The van der Waals surface area contributed by atoms with Crippen LogP contribution in [0.2, 0.25) is 0 Å². The molecule has 0 bridgehead atoms. The molecule has 1 aliphatic rings. The van der Waals surface area contributed by atoms with Gasteiger partial charge in [0, 0.05) is 13.1 Å². The maximum atomic E-state index is 12.0. The second-order valence-corrected chi connectivity index (χ2v) is 5.66. The predicted octanol–water partition coefficient (Wildman–Crippen LogP) is 1.43. The fourth-order valence-corrected chi connectivity index (χ4v) is 2.91. The molecule has 0 saturated carbocycles. The zero-order chi connectivity index (χ0) is 17.5. The van der Waals surface area contributed by atoms with Crippen LogP contribution >= 0.6 is 12.4 Å². The molecular formula is C17H27ClN2O5. The molecule has 1 saturated heterocycles. The molecule has 1 heterocycles. The largest absolute Gasteiger partial charge is 0.493 e. The molecule has 1 fully saturated rings. The third-order valence-corrected chi connectivity index (χ3v) is 4.27. The molecule has 2 rings (SSSR count). The second kappa shape index (κ2) is 10.3. The standard InChI is InChI=1S/C17H26N2O5.ClH/c1-21-14-10-12(11-15(22-2)16(14)23-3)13(17(18)20)4-5-19-6-8-24-9-7-19;/h10-11,13H,4-9H2,1-3H3,(H2,18,20);1H. The van der Waals surface area contributed by atoms with Crippen molar-refractivity contribution in [2.24, 2.45) is 5.73 Å². The summed E-state index contributed by atoms with van der Waals surface area (Å²) in [5, 5.41) is 0. The number of methoxy groups -OCH3 is 3. The summed E-state index contributed by atoms with van der Waals surface area (Å²) >= 11 is 0. The highest BCUT2D eigenvalue weighted by Gasteiger charge is 2.24. The van der Waals surface area contributed by atoms with Gasteiger partial charge in [0.2, 0.25) is 11.7 Å². The molecule has 0 spiro atoms. The van der Waals surface area contributed by atoms with Gasteiger partial charge in [-0.05, 0) is 30.7 Å². The summed E-state index contributed by atoms with van der Waals surface area (Å²) in [4.78, 5) is 14.3. The number of hydrogen-bond acceptors (Lipinski definition) is 6. The second-order valence-electron chi connectivity index (χ2n) is 5.66. The Bertz CT molecular complexity index is 539. The number of nitrogens with two attached hydrogens (primary N) is 1. The molecule has 1 aromatic carbocycles. The first-order valence-corrected chi connectivity index (χ1v) is 8.00. The van der Waals surface area contributed by atoms with Crippen LogP contribution in [0.5, 0.6) is 17.2 Å². The van der Waals surface area contributed by atoms with Gasteiger partial charge in [0.25, 0.3) is 0 Å². The van der Waals surface area contributed by atoms with E-state index in [9.17, 15) is 4.79 Å². The van der Waals surface area contributed by atoms with Crippen LogP contribution < -0.4 is 19.9 Å². The van der Waals surface area contributed by atoms with E-state index in [1.165, 1.54) is 0 Å². The molecule has 1 aromatic rings. The summed E-state index contributed by atoms with van der Waals surface area (Å²) in [6.07, 6.45) is 0.633.